The molecule has 88 valence electrons. The summed E-state index contributed by atoms with van der Waals surface area (Å²) in [6, 6.07) is 0. The number of rotatable bonds is 6. The van der Waals surface area contributed by atoms with Gasteiger partial charge in [0.1, 0.15) is 0 Å². The van der Waals surface area contributed by atoms with Crippen LogP contribution < -0.4 is 11.1 Å². The maximum atomic E-state index is 11.7. The Balaban J connectivity index is 4.09. The summed E-state index contributed by atoms with van der Waals surface area (Å²) in [6.45, 7) is 6.61. The van der Waals surface area contributed by atoms with Crippen molar-refractivity contribution in [3.63, 3.8) is 0 Å². The van der Waals surface area contributed by atoms with Gasteiger partial charge >= 0.3 is 0 Å². The Kier molecular flexibility index (Phi) is 5.75. The normalized spacial score (nSPS) is 13.3. The van der Waals surface area contributed by atoms with Crippen LogP contribution in [0.4, 0.5) is 0 Å². The fraction of sp³-hybridized carbons (Fsp3) is 0.800. The van der Waals surface area contributed by atoms with E-state index in [9.17, 15) is 4.79 Å². The smallest absolute Gasteiger partial charge is 0.232 e. The van der Waals surface area contributed by atoms with Crippen molar-refractivity contribution in [1.82, 2.24) is 5.32 Å². The Hall–Kier alpha value is -0.680. The van der Waals surface area contributed by atoms with Gasteiger partial charge in [-0.2, -0.15) is 0 Å². The average molecular weight is 232 g/mol. The molecule has 1 amide bonds. The SMILES string of the molecule is COCC(C)CNC(=O)C(C)(C)C(N)=S. The summed E-state index contributed by atoms with van der Waals surface area (Å²) in [5.41, 5.74) is 4.69. The van der Waals surface area contributed by atoms with E-state index >= 15 is 0 Å². The van der Waals surface area contributed by atoms with Gasteiger partial charge in [0.2, 0.25) is 5.91 Å². The molecule has 0 aliphatic rings. The molecule has 0 bridgehead atoms. The Labute approximate surface area is 96.5 Å². The van der Waals surface area contributed by atoms with E-state index in [0.717, 1.165) is 0 Å². The van der Waals surface area contributed by atoms with Crippen LogP contribution in [0.15, 0.2) is 0 Å². The molecule has 0 saturated carbocycles. The van der Waals surface area contributed by atoms with Gasteiger partial charge in [0.25, 0.3) is 0 Å². The van der Waals surface area contributed by atoms with Gasteiger partial charge in [-0.05, 0) is 19.8 Å². The molecule has 5 heteroatoms. The molecule has 0 rings (SSSR count). The third kappa shape index (κ3) is 4.57. The van der Waals surface area contributed by atoms with Crippen molar-refractivity contribution in [1.29, 1.82) is 0 Å². The highest BCUT2D eigenvalue weighted by molar-refractivity contribution is 7.80. The van der Waals surface area contributed by atoms with Crippen molar-refractivity contribution in [3.8, 4) is 0 Å². The van der Waals surface area contributed by atoms with Gasteiger partial charge in [0.05, 0.1) is 17.0 Å². The van der Waals surface area contributed by atoms with Crippen molar-refractivity contribution in [3.05, 3.63) is 0 Å². The van der Waals surface area contributed by atoms with Crippen molar-refractivity contribution in [2.75, 3.05) is 20.3 Å². The first-order valence-corrected chi connectivity index (χ1v) is 5.30. The summed E-state index contributed by atoms with van der Waals surface area (Å²) in [6.07, 6.45) is 0. The zero-order valence-corrected chi connectivity index (χ0v) is 10.6. The van der Waals surface area contributed by atoms with E-state index < -0.39 is 5.41 Å². The fourth-order valence-corrected chi connectivity index (χ4v) is 1.04. The van der Waals surface area contributed by atoms with Crippen LogP contribution in [0.3, 0.4) is 0 Å². The first-order valence-electron chi connectivity index (χ1n) is 4.89. The molecule has 0 radical (unpaired) electrons. The summed E-state index contributed by atoms with van der Waals surface area (Å²) < 4.78 is 4.97. The van der Waals surface area contributed by atoms with Gasteiger partial charge < -0.3 is 15.8 Å². The number of nitrogens with one attached hydrogen (secondary N) is 1. The zero-order valence-electron chi connectivity index (χ0n) is 9.79. The molecule has 0 heterocycles. The zero-order chi connectivity index (χ0) is 12.1. The van der Waals surface area contributed by atoms with E-state index in [1.807, 2.05) is 6.92 Å². The predicted molar refractivity (Wildman–Crippen MR) is 64.6 cm³/mol. The number of thiocarbonyl (C=S) groups is 1. The summed E-state index contributed by atoms with van der Waals surface area (Å²) in [7, 11) is 1.64. The highest BCUT2D eigenvalue weighted by Gasteiger charge is 2.30. The van der Waals surface area contributed by atoms with E-state index in [-0.39, 0.29) is 16.8 Å². The maximum Gasteiger partial charge on any atom is 0.232 e. The van der Waals surface area contributed by atoms with Crippen LogP contribution in [-0.4, -0.2) is 31.2 Å². The summed E-state index contributed by atoms with van der Waals surface area (Å²) in [5.74, 6) is 0.138. The third-order valence-corrected chi connectivity index (χ3v) is 2.76. The molecule has 1 atom stereocenters. The minimum atomic E-state index is -0.790. The summed E-state index contributed by atoms with van der Waals surface area (Å²) in [4.78, 5) is 11.9. The van der Waals surface area contributed by atoms with Crippen LogP contribution in [0, 0.1) is 11.3 Å². The van der Waals surface area contributed by atoms with Gasteiger partial charge in [-0.25, -0.2) is 0 Å². The Morgan fingerprint density at radius 3 is 2.53 bits per heavy atom. The van der Waals surface area contributed by atoms with E-state index in [4.69, 9.17) is 22.7 Å². The predicted octanol–water partition coefficient (Wildman–Crippen LogP) is 0.697. The maximum absolute atomic E-state index is 11.7. The van der Waals surface area contributed by atoms with E-state index in [0.29, 0.717) is 13.2 Å². The molecule has 1 unspecified atom stereocenters. The van der Waals surface area contributed by atoms with Crippen molar-refractivity contribution in [2.24, 2.45) is 17.1 Å². The molecule has 0 fully saturated rings. The number of hydrogen-bond acceptors (Lipinski definition) is 3. The second-order valence-electron chi connectivity index (χ2n) is 4.26. The number of amides is 1. The van der Waals surface area contributed by atoms with Gasteiger partial charge in [0, 0.05) is 13.7 Å². The molecule has 0 aliphatic carbocycles. The lowest BCUT2D eigenvalue weighted by Crippen LogP contribution is -2.46. The van der Waals surface area contributed by atoms with Gasteiger partial charge in [-0.3, -0.25) is 4.79 Å². The van der Waals surface area contributed by atoms with Gasteiger partial charge in [0.15, 0.2) is 0 Å². The Morgan fingerprint density at radius 1 is 1.60 bits per heavy atom. The van der Waals surface area contributed by atoms with Crippen LogP contribution in [0.1, 0.15) is 20.8 Å². The number of methoxy groups -OCH3 is 1. The van der Waals surface area contributed by atoms with Crippen LogP contribution in [0.5, 0.6) is 0 Å². The van der Waals surface area contributed by atoms with Crippen molar-refractivity contribution in [2.45, 2.75) is 20.8 Å². The first-order chi connectivity index (χ1) is 6.82. The summed E-state index contributed by atoms with van der Waals surface area (Å²) in [5, 5.41) is 2.80. The molecule has 0 aromatic carbocycles. The Bertz CT molecular complexity index is 242. The molecular weight excluding hydrogens is 212 g/mol. The van der Waals surface area contributed by atoms with Crippen LogP contribution in [0.2, 0.25) is 0 Å². The number of carbonyl (C=O) groups excluding carboxylic acids is 1. The van der Waals surface area contributed by atoms with Gasteiger partial charge in [-0.15, -0.1) is 0 Å². The van der Waals surface area contributed by atoms with Crippen LogP contribution >= 0.6 is 12.2 Å². The molecule has 0 aromatic rings. The number of ether oxygens (including phenoxy) is 1. The van der Waals surface area contributed by atoms with Crippen LogP contribution in [-0.2, 0) is 9.53 Å². The number of hydrogen-bond donors (Lipinski definition) is 2. The second-order valence-corrected chi connectivity index (χ2v) is 4.70. The highest BCUT2D eigenvalue weighted by Crippen LogP contribution is 2.15. The fourth-order valence-electron chi connectivity index (χ4n) is 0.943. The largest absolute Gasteiger partial charge is 0.392 e. The summed E-state index contributed by atoms with van der Waals surface area (Å²) >= 11 is 4.83. The lowest BCUT2D eigenvalue weighted by atomic mass is 9.92. The lowest BCUT2D eigenvalue weighted by molar-refractivity contribution is -0.126. The molecule has 3 N–H and O–H groups in total. The standard InChI is InChI=1S/C10H20N2O2S/c1-7(6-14-4)5-12-9(13)10(2,3)8(11)15/h7H,5-6H2,1-4H3,(H2,11,15)(H,12,13). The Morgan fingerprint density at radius 2 is 2.13 bits per heavy atom. The monoisotopic (exact) mass is 232 g/mol. The molecule has 4 nitrogen and oxygen atoms in total. The average Bonchev–Trinajstić information content (AvgIpc) is 2.14. The molecular formula is C10H20N2O2S. The van der Waals surface area contributed by atoms with Crippen molar-refractivity contribution < 1.29 is 9.53 Å². The van der Waals surface area contributed by atoms with Crippen molar-refractivity contribution >= 4 is 23.1 Å². The van der Waals surface area contributed by atoms with E-state index in [1.54, 1.807) is 21.0 Å². The number of carbonyl (C=O) groups is 1. The lowest BCUT2D eigenvalue weighted by Gasteiger charge is -2.23. The van der Waals surface area contributed by atoms with Crippen LogP contribution in [0.25, 0.3) is 0 Å². The minimum absolute atomic E-state index is 0.141. The minimum Gasteiger partial charge on any atom is -0.392 e. The van der Waals surface area contributed by atoms with Gasteiger partial charge in [-0.1, -0.05) is 19.1 Å². The van der Waals surface area contributed by atoms with E-state index in [2.05, 4.69) is 5.32 Å². The quantitative estimate of drug-likeness (QED) is 0.662. The molecule has 0 aromatic heterocycles. The van der Waals surface area contributed by atoms with E-state index in [1.165, 1.54) is 0 Å². The molecule has 0 spiro atoms. The topological polar surface area (TPSA) is 64.3 Å². The molecule has 0 saturated heterocycles. The third-order valence-electron chi connectivity index (χ3n) is 2.25. The molecule has 0 aliphatic heterocycles. The first kappa shape index (κ1) is 14.3. The highest BCUT2D eigenvalue weighted by atomic mass is 32.1. The number of nitrogens with two attached hydrogens (primary N) is 1. The second kappa shape index (κ2) is 6.02. The molecule has 15 heavy (non-hydrogen) atoms.